The molecule has 3 atom stereocenters. The van der Waals surface area contributed by atoms with Crippen LogP contribution in [-0.4, -0.2) is 32.2 Å². The molecular weight excluding hydrogens is 218 g/mol. The molecule has 88 valence electrons. The Bertz CT molecular complexity index is 520. The smallest absolute Gasteiger partial charge is 0.238 e. The van der Waals surface area contributed by atoms with Gasteiger partial charge in [0.25, 0.3) is 0 Å². The molecule has 0 amide bonds. The van der Waals surface area contributed by atoms with Crippen LogP contribution in [-0.2, 0) is 0 Å². The molecule has 0 spiro atoms. The second kappa shape index (κ2) is 3.40. The Labute approximate surface area is 97.8 Å². The van der Waals surface area contributed by atoms with Gasteiger partial charge >= 0.3 is 0 Å². The first-order chi connectivity index (χ1) is 8.40. The third kappa shape index (κ3) is 1.40. The van der Waals surface area contributed by atoms with Gasteiger partial charge in [-0.3, -0.25) is 0 Å². The third-order valence-corrected chi connectivity index (χ3v) is 3.77. The molecule has 0 radical (unpaired) electrons. The van der Waals surface area contributed by atoms with Gasteiger partial charge in [0.1, 0.15) is 0 Å². The Morgan fingerprint density at radius 2 is 2.35 bits per heavy atom. The van der Waals surface area contributed by atoms with Crippen LogP contribution in [0.1, 0.15) is 31.1 Å². The molecule has 2 aromatic rings. The zero-order valence-corrected chi connectivity index (χ0v) is 9.26. The van der Waals surface area contributed by atoms with Crippen molar-refractivity contribution >= 4 is 0 Å². The van der Waals surface area contributed by atoms with E-state index in [1.807, 2.05) is 0 Å². The van der Waals surface area contributed by atoms with Crippen molar-refractivity contribution in [2.24, 2.45) is 0 Å². The highest BCUT2D eigenvalue weighted by Gasteiger charge is 2.42. The first-order valence-electron chi connectivity index (χ1n) is 5.99. The second-order valence-corrected chi connectivity index (χ2v) is 4.78. The van der Waals surface area contributed by atoms with Gasteiger partial charge < -0.3 is 14.8 Å². The number of hydrogen-bond donors (Lipinski definition) is 2. The van der Waals surface area contributed by atoms with E-state index in [0.717, 1.165) is 12.3 Å². The molecule has 2 bridgehead atoms. The molecule has 4 rings (SSSR count). The number of aromatic amines is 1. The van der Waals surface area contributed by atoms with Crippen LogP contribution in [0, 0.1) is 0 Å². The lowest BCUT2D eigenvalue weighted by Gasteiger charge is -2.15. The number of imidazole rings is 1. The summed E-state index contributed by atoms with van der Waals surface area (Å²) in [5.74, 6) is 2.34. The molecule has 2 aliphatic rings. The monoisotopic (exact) mass is 231 g/mol. The molecule has 6 nitrogen and oxygen atoms in total. The van der Waals surface area contributed by atoms with E-state index in [1.54, 1.807) is 12.4 Å². The van der Waals surface area contributed by atoms with E-state index in [1.165, 1.54) is 12.8 Å². The van der Waals surface area contributed by atoms with Gasteiger partial charge in [-0.2, -0.15) is 4.98 Å². The summed E-state index contributed by atoms with van der Waals surface area (Å²) in [6.07, 6.45) is 7.05. The summed E-state index contributed by atoms with van der Waals surface area (Å²) in [4.78, 5) is 11.5. The molecule has 2 N–H and O–H groups in total. The lowest BCUT2D eigenvalue weighted by molar-refractivity contribution is 0.329. The van der Waals surface area contributed by atoms with E-state index in [4.69, 9.17) is 4.52 Å². The number of H-pyrrole nitrogens is 1. The maximum Gasteiger partial charge on any atom is 0.238 e. The second-order valence-electron chi connectivity index (χ2n) is 4.78. The van der Waals surface area contributed by atoms with E-state index < -0.39 is 0 Å². The van der Waals surface area contributed by atoms with Crippen molar-refractivity contribution in [1.82, 2.24) is 25.4 Å². The van der Waals surface area contributed by atoms with Crippen molar-refractivity contribution in [3.05, 3.63) is 18.3 Å². The number of fused-ring (bicyclic) bond motifs is 2. The Morgan fingerprint density at radius 1 is 1.35 bits per heavy atom. The molecule has 0 saturated carbocycles. The molecule has 3 unspecified atom stereocenters. The van der Waals surface area contributed by atoms with Gasteiger partial charge in [-0.05, 0) is 19.3 Å². The van der Waals surface area contributed by atoms with Crippen LogP contribution in [0.5, 0.6) is 0 Å². The highest BCUT2D eigenvalue weighted by atomic mass is 16.5. The average Bonchev–Trinajstić information content (AvgIpc) is 3.12. The van der Waals surface area contributed by atoms with E-state index in [2.05, 4.69) is 25.4 Å². The Morgan fingerprint density at radius 3 is 3.06 bits per heavy atom. The summed E-state index contributed by atoms with van der Waals surface area (Å²) in [6.45, 7) is 0. The summed E-state index contributed by atoms with van der Waals surface area (Å²) in [7, 11) is 0. The molecule has 2 fully saturated rings. The van der Waals surface area contributed by atoms with E-state index in [-0.39, 0.29) is 0 Å². The van der Waals surface area contributed by atoms with Gasteiger partial charge in [-0.25, -0.2) is 4.98 Å². The van der Waals surface area contributed by atoms with Crippen LogP contribution in [0.4, 0.5) is 0 Å². The van der Waals surface area contributed by atoms with Crippen molar-refractivity contribution in [2.45, 2.75) is 37.3 Å². The lowest BCUT2D eigenvalue weighted by atomic mass is 9.89. The molecule has 4 heterocycles. The summed E-state index contributed by atoms with van der Waals surface area (Å²) < 4.78 is 5.36. The van der Waals surface area contributed by atoms with Gasteiger partial charge in [0.15, 0.2) is 5.82 Å². The Kier molecular flexibility index (Phi) is 1.87. The highest BCUT2D eigenvalue weighted by molar-refractivity contribution is 5.41. The van der Waals surface area contributed by atoms with Gasteiger partial charge in [0.2, 0.25) is 11.7 Å². The van der Waals surface area contributed by atoms with E-state index >= 15 is 0 Å². The minimum absolute atomic E-state index is 0.380. The molecule has 2 saturated heterocycles. The highest BCUT2D eigenvalue weighted by Crippen LogP contribution is 2.39. The van der Waals surface area contributed by atoms with E-state index in [9.17, 15) is 0 Å². The summed E-state index contributed by atoms with van der Waals surface area (Å²) in [6, 6.07) is 1.16. The minimum Gasteiger partial charge on any atom is -0.342 e. The zero-order valence-electron chi connectivity index (χ0n) is 9.26. The molecular formula is C11H13N5O. The van der Waals surface area contributed by atoms with Crippen LogP contribution >= 0.6 is 0 Å². The average molecular weight is 231 g/mol. The predicted molar refractivity (Wildman–Crippen MR) is 59.2 cm³/mol. The molecule has 0 aliphatic carbocycles. The van der Waals surface area contributed by atoms with Crippen LogP contribution in [0.3, 0.4) is 0 Å². The number of hydrogen-bond acceptors (Lipinski definition) is 5. The van der Waals surface area contributed by atoms with Gasteiger partial charge in [0, 0.05) is 24.5 Å². The maximum absolute atomic E-state index is 5.36. The fourth-order valence-corrected chi connectivity index (χ4v) is 2.97. The SMILES string of the molecule is c1c[nH]c(-c2noc(C3CC4CCC3N4)n2)n1. The van der Waals surface area contributed by atoms with Crippen LogP contribution in [0.2, 0.25) is 0 Å². The number of rotatable bonds is 2. The van der Waals surface area contributed by atoms with Crippen molar-refractivity contribution < 1.29 is 4.52 Å². The topological polar surface area (TPSA) is 79.6 Å². The first-order valence-corrected chi connectivity index (χ1v) is 5.99. The van der Waals surface area contributed by atoms with Crippen LogP contribution < -0.4 is 5.32 Å². The number of nitrogens with zero attached hydrogens (tertiary/aromatic N) is 3. The Balaban J connectivity index is 1.63. The third-order valence-electron chi connectivity index (χ3n) is 3.77. The molecule has 2 aliphatic heterocycles. The van der Waals surface area contributed by atoms with Crippen LogP contribution in [0.25, 0.3) is 11.6 Å². The first kappa shape index (κ1) is 9.35. The van der Waals surface area contributed by atoms with Gasteiger partial charge in [-0.1, -0.05) is 5.16 Å². The molecule has 6 heteroatoms. The number of aromatic nitrogens is 4. The van der Waals surface area contributed by atoms with Crippen molar-refractivity contribution in [3.63, 3.8) is 0 Å². The van der Waals surface area contributed by atoms with Gasteiger partial charge in [-0.15, -0.1) is 0 Å². The normalized spacial score (nSPS) is 31.2. The fraction of sp³-hybridized carbons (Fsp3) is 0.545. The summed E-state index contributed by atoms with van der Waals surface area (Å²) in [5.41, 5.74) is 0. The molecule has 0 aromatic carbocycles. The maximum atomic E-state index is 5.36. The summed E-state index contributed by atoms with van der Waals surface area (Å²) in [5, 5.41) is 7.55. The van der Waals surface area contributed by atoms with Gasteiger partial charge in [0.05, 0.1) is 5.92 Å². The van der Waals surface area contributed by atoms with E-state index in [0.29, 0.717) is 29.7 Å². The Hall–Kier alpha value is -1.69. The fourth-order valence-electron chi connectivity index (χ4n) is 2.97. The predicted octanol–water partition coefficient (Wildman–Crippen LogP) is 1.07. The van der Waals surface area contributed by atoms with Crippen molar-refractivity contribution in [3.8, 4) is 11.6 Å². The summed E-state index contributed by atoms with van der Waals surface area (Å²) >= 11 is 0. The van der Waals surface area contributed by atoms with Crippen LogP contribution in [0.15, 0.2) is 16.9 Å². The largest absolute Gasteiger partial charge is 0.342 e. The molecule has 2 aromatic heterocycles. The standard InChI is InChI=1S/C11H13N5O/c1-2-8-7(5-6(1)14-8)11-15-10(16-17-11)9-12-3-4-13-9/h3-4,6-8,14H,1-2,5H2,(H,12,13). The van der Waals surface area contributed by atoms with Crippen molar-refractivity contribution in [2.75, 3.05) is 0 Å². The number of nitrogens with one attached hydrogen (secondary N) is 2. The van der Waals surface area contributed by atoms with Crippen molar-refractivity contribution in [1.29, 1.82) is 0 Å². The quantitative estimate of drug-likeness (QED) is 0.808. The lowest BCUT2D eigenvalue weighted by Crippen LogP contribution is -2.21. The molecule has 17 heavy (non-hydrogen) atoms. The zero-order chi connectivity index (χ0) is 11.2. The minimum atomic E-state index is 0.380.